The molecule has 3 N–H and O–H groups in total. The van der Waals surface area contributed by atoms with Crippen LogP contribution >= 0.6 is 0 Å². The second kappa shape index (κ2) is 8.62. The molecule has 3 unspecified atom stereocenters. The largest absolute Gasteiger partial charge is 0.368 e. The molecule has 1 aromatic heterocycles. The second-order valence-corrected chi connectivity index (χ2v) is 11.2. The number of halogens is 2. The van der Waals surface area contributed by atoms with Crippen LogP contribution in [0.2, 0.25) is 0 Å². The van der Waals surface area contributed by atoms with E-state index in [0.717, 1.165) is 82.4 Å². The smallest absolute Gasteiger partial charge is 0.270 e. The topological polar surface area (TPSA) is 59.5 Å². The minimum absolute atomic E-state index is 0.0803. The molecule has 6 heteroatoms. The third kappa shape index (κ3) is 4.23. The summed E-state index contributed by atoms with van der Waals surface area (Å²) in [7, 11) is 0. The monoisotopic (exact) mass is 460 g/mol. The van der Waals surface area contributed by atoms with Crippen LogP contribution in [0.4, 0.5) is 8.78 Å². The highest BCUT2D eigenvalue weighted by Gasteiger charge is 2.42. The summed E-state index contributed by atoms with van der Waals surface area (Å²) in [6.07, 6.45) is 6.91. The van der Waals surface area contributed by atoms with E-state index in [1.54, 1.807) is 12.1 Å². The van der Waals surface area contributed by atoms with Gasteiger partial charge in [-0.3, -0.25) is 0 Å². The predicted molar refractivity (Wildman–Crippen MR) is 126 cm³/mol. The fourth-order valence-corrected chi connectivity index (χ4v) is 7.10. The Kier molecular flexibility index (Phi) is 6.07. The number of fused-ring (bicyclic) bond motifs is 4. The molecule has 33 heavy (non-hydrogen) atoms. The van der Waals surface area contributed by atoms with Gasteiger partial charge >= 0.3 is 0 Å². The number of aromatic amines is 1. The molecule has 1 saturated carbocycles. The van der Waals surface area contributed by atoms with E-state index in [2.05, 4.69) is 16.8 Å². The summed E-state index contributed by atoms with van der Waals surface area (Å²) >= 11 is 0. The summed E-state index contributed by atoms with van der Waals surface area (Å²) < 4.78 is 28.0. The van der Waals surface area contributed by atoms with Gasteiger partial charge in [0.15, 0.2) is 6.29 Å². The number of likely N-dealkylation sites (tertiary alicyclic amines) is 1. The first-order valence-electron chi connectivity index (χ1n) is 12.8. The van der Waals surface area contributed by atoms with E-state index in [9.17, 15) is 19.0 Å². The maximum atomic E-state index is 14.0. The van der Waals surface area contributed by atoms with Gasteiger partial charge in [-0.1, -0.05) is 32.3 Å². The van der Waals surface area contributed by atoms with E-state index in [0.29, 0.717) is 17.8 Å². The van der Waals surface area contributed by atoms with E-state index in [1.807, 2.05) is 6.07 Å². The Balaban J connectivity index is 1.34. The Labute approximate surface area is 195 Å². The van der Waals surface area contributed by atoms with E-state index >= 15 is 0 Å². The first kappa shape index (κ1) is 23.3. The van der Waals surface area contributed by atoms with E-state index < -0.39 is 12.2 Å². The number of hydrogen-bond donors (Lipinski definition) is 3. The lowest BCUT2D eigenvalue weighted by atomic mass is 9.67. The first-order valence-corrected chi connectivity index (χ1v) is 12.8. The molecule has 0 amide bonds. The number of piperidine rings is 1. The zero-order valence-electron chi connectivity index (χ0n) is 19.9. The van der Waals surface area contributed by atoms with Crippen LogP contribution < -0.4 is 0 Å². The highest BCUT2D eigenvalue weighted by molar-refractivity contribution is 5.86. The molecule has 2 fully saturated rings. The zero-order chi connectivity index (χ0) is 23.4. The number of H-pyrrole nitrogens is 1. The van der Waals surface area contributed by atoms with Gasteiger partial charge in [-0.25, -0.2) is 8.78 Å². The summed E-state index contributed by atoms with van der Waals surface area (Å²) in [6.45, 7) is 6.18. The molecule has 2 aromatic rings. The Hall–Kier alpha value is -1.50. The molecule has 1 saturated heterocycles. The molecule has 1 aliphatic heterocycles. The summed E-state index contributed by atoms with van der Waals surface area (Å²) in [5.74, 6) is -1.43. The van der Waals surface area contributed by atoms with Crippen molar-refractivity contribution in [2.75, 3.05) is 19.6 Å². The minimum Gasteiger partial charge on any atom is -0.368 e. The number of aliphatic hydroxyl groups excluding tert-OH is 1. The van der Waals surface area contributed by atoms with Crippen LogP contribution in [0.1, 0.15) is 81.5 Å². The summed E-state index contributed by atoms with van der Waals surface area (Å²) in [5.41, 5.74) is 3.16. The van der Waals surface area contributed by atoms with Gasteiger partial charge in [0.05, 0.1) is 0 Å². The highest BCUT2D eigenvalue weighted by Crippen LogP contribution is 2.47. The van der Waals surface area contributed by atoms with Gasteiger partial charge in [-0.15, -0.1) is 0 Å². The van der Waals surface area contributed by atoms with Gasteiger partial charge < -0.3 is 20.1 Å². The highest BCUT2D eigenvalue weighted by atomic mass is 19.3. The van der Waals surface area contributed by atoms with Crippen molar-refractivity contribution in [3.05, 3.63) is 35.0 Å². The van der Waals surface area contributed by atoms with Gasteiger partial charge in [0, 0.05) is 41.0 Å². The Morgan fingerprint density at radius 2 is 1.97 bits per heavy atom. The molecule has 4 nitrogen and oxygen atoms in total. The first-order chi connectivity index (χ1) is 15.7. The molecule has 0 radical (unpaired) electrons. The van der Waals surface area contributed by atoms with Crippen LogP contribution in [0.3, 0.4) is 0 Å². The Morgan fingerprint density at radius 1 is 1.21 bits per heavy atom. The quantitative estimate of drug-likeness (QED) is 0.514. The Bertz CT molecular complexity index is 990. The third-order valence-corrected chi connectivity index (χ3v) is 9.20. The number of nitrogens with one attached hydrogen (secondary N) is 1. The predicted octanol–water partition coefficient (Wildman–Crippen LogP) is 5.53. The van der Waals surface area contributed by atoms with Crippen LogP contribution in [0.15, 0.2) is 18.2 Å². The zero-order valence-corrected chi connectivity index (χ0v) is 19.9. The molecule has 3 atom stereocenters. The fraction of sp³-hybridized carbons (Fsp3) is 0.704. The summed E-state index contributed by atoms with van der Waals surface area (Å²) in [4.78, 5) is 6.06. The van der Waals surface area contributed by atoms with Gasteiger partial charge in [-0.2, -0.15) is 0 Å². The van der Waals surface area contributed by atoms with Gasteiger partial charge in [0.25, 0.3) is 5.92 Å². The molecule has 182 valence electrons. The molecular formula is C27H38F2N2O2. The van der Waals surface area contributed by atoms with Crippen molar-refractivity contribution < 1.29 is 19.0 Å². The van der Waals surface area contributed by atoms with Crippen molar-refractivity contribution in [2.45, 2.75) is 83.3 Å². The maximum Gasteiger partial charge on any atom is 0.270 e. The summed E-state index contributed by atoms with van der Waals surface area (Å²) in [6, 6.07) is 5.05. The number of alkyl halides is 2. The van der Waals surface area contributed by atoms with Gasteiger partial charge in [0.2, 0.25) is 0 Å². The van der Waals surface area contributed by atoms with Crippen molar-refractivity contribution in [1.29, 1.82) is 0 Å². The molecule has 0 spiro atoms. The van der Waals surface area contributed by atoms with Crippen LogP contribution in [0.25, 0.3) is 10.9 Å². The van der Waals surface area contributed by atoms with Crippen molar-refractivity contribution in [3.8, 4) is 0 Å². The van der Waals surface area contributed by atoms with Crippen molar-refractivity contribution in [2.24, 2.45) is 17.3 Å². The van der Waals surface area contributed by atoms with E-state index in [1.165, 1.54) is 17.7 Å². The Morgan fingerprint density at radius 3 is 2.67 bits per heavy atom. The van der Waals surface area contributed by atoms with Crippen LogP contribution in [-0.2, 0) is 12.3 Å². The molecule has 1 aromatic carbocycles. The van der Waals surface area contributed by atoms with Crippen LogP contribution in [0, 0.1) is 17.3 Å². The molecule has 5 rings (SSSR count). The standard InChI is InChI=1S/C27H38F2N2O2/c1-17-21-16-31(13-11-27(25(32)33)9-4-3-5-10-27)12-8-18(21)14-23-24(17)20-15-19(26(2,28)29)6-7-22(20)30-23/h6-7,15,17-18,21,25,30,32-33H,3-5,8-14,16H2,1-2H3. The van der Waals surface area contributed by atoms with E-state index in [4.69, 9.17) is 0 Å². The number of rotatable bonds is 5. The average molecular weight is 461 g/mol. The molecular weight excluding hydrogens is 422 g/mol. The third-order valence-electron chi connectivity index (χ3n) is 9.20. The van der Waals surface area contributed by atoms with E-state index in [-0.39, 0.29) is 11.0 Å². The number of hydrogen-bond acceptors (Lipinski definition) is 3. The van der Waals surface area contributed by atoms with Crippen molar-refractivity contribution in [3.63, 3.8) is 0 Å². The van der Waals surface area contributed by atoms with Gasteiger partial charge in [0.1, 0.15) is 0 Å². The maximum absolute atomic E-state index is 14.0. The van der Waals surface area contributed by atoms with Crippen molar-refractivity contribution >= 4 is 10.9 Å². The lowest BCUT2D eigenvalue weighted by Gasteiger charge is -2.46. The second-order valence-electron chi connectivity index (χ2n) is 11.2. The minimum atomic E-state index is -2.84. The molecule has 3 aliphatic rings. The van der Waals surface area contributed by atoms with Crippen LogP contribution in [-0.4, -0.2) is 46.0 Å². The number of benzene rings is 1. The number of aliphatic hydroxyl groups is 2. The SMILES string of the molecule is CC1c2c([nH]c3ccc(C(C)(F)F)cc23)CC2CCN(CCC3(C(O)O)CCCCC3)CC21. The lowest BCUT2D eigenvalue weighted by molar-refractivity contribution is -0.154. The lowest BCUT2D eigenvalue weighted by Crippen LogP contribution is -2.47. The van der Waals surface area contributed by atoms with Gasteiger partial charge in [-0.05, 0) is 80.6 Å². The fourth-order valence-electron chi connectivity index (χ4n) is 7.10. The van der Waals surface area contributed by atoms with Crippen LogP contribution in [0.5, 0.6) is 0 Å². The average Bonchev–Trinajstić information content (AvgIpc) is 3.15. The number of nitrogens with zero attached hydrogens (tertiary/aromatic N) is 1. The van der Waals surface area contributed by atoms with Crippen molar-refractivity contribution in [1.82, 2.24) is 9.88 Å². The summed E-state index contributed by atoms with van der Waals surface area (Å²) in [5, 5.41) is 21.2. The molecule has 2 heterocycles. The normalized spacial score (nSPS) is 28.2. The molecule has 0 bridgehead atoms. The number of aromatic nitrogens is 1. The molecule has 2 aliphatic carbocycles.